The Kier molecular flexibility index (Phi) is 6.65. The van der Waals surface area contributed by atoms with Gasteiger partial charge in [-0.1, -0.05) is 66.7 Å². The lowest BCUT2D eigenvalue weighted by molar-refractivity contribution is 0.194. The smallest absolute Gasteiger partial charge is 0.143 e. The van der Waals surface area contributed by atoms with Crippen molar-refractivity contribution in [2.24, 2.45) is 0 Å². The van der Waals surface area contributed by atoms with Gasteiger partial charge in [-0.25, -0.2) is 0 Å². The normalized spacial score (nSPS) is 18.0. The van der Waals surface area contributed by atoms with Crippen LogP contribution in [-0.2, 0) is 12.0 Å². The summed E-state index contributed by atoms with van der Waals surface area (Å²) in [7, 11) is 2.00. The van der Waals surface area contributed by atoms with E-state index in [0.717, 1.165) is 57.6 Å². The lowest BCUT2D eigenvalue weighted by Gasteiger charge is -2.47. The zero-order valence-electron chi connectivity index (χ0n) is 19.6. The number of para-hydroxylation sites is 2. The van der Waals surface area contributed by atoms with Gasteiger partial charge >= 0.3 is 0 Å². The molecule has 2 aliphatic rings. The van der Waals surface area contributed by atoms with E-state index in [1.54, 1.807) is 0 Å². The maximum absolute atomic E-state index is 6.68. The van der Waals surface area contributed by atoms with Crippen molar-refractivity contribution in [2.45, 2.75) is 37.3 Å². The van der Waals surface area contributed by atoms with E-state index >= 15 is 0 Å². The summed E-state index contributed by atoms with van der Waals surface area (Å²) in [5.74, 6) is 0.982. The second kappa shape index (κ2) is 9.98. The number of nitrogens with one attached hydrogen (secondary N) is 2. The van der Waals surface area contributed by atoms with Crippen molar-refractivity contribution in [3.63, 3.8) is 0 Å². The van der Waals surface area contributed by atoms with Gasteiger partial charge in [0.05, 0.1) is 5.69 Å². The van der Waals surface area contributed by atoms with E-state index < -0.39 is 0 Å². The summed E-state index contributed by atoms with van der Waals surface area (Å²) in [6.07, 6.45) is 4.31. The van der Waals surface area contributed by atoms with Gasteiger partial charge in [0.2, 0.25) is 0 Å². The van der Waals surface area contributed by atoms with Gasteiger partial charge in [-0.2, -0.15) is 0 Å². The Hall–Kier alpha value is -2.82. The Labute approximate surface area is 198 Å². The van der Waals surface area contributed by atoms with Crippen molar-refractivity contribution in [3.8, 4) is 5.75 Å². The third-order valence-electron chi connectivity index (χ3n) is 7.31. The maximum atomic E-state index is 6.68. The first kappa shape index (κ1) is 22.0. The fourth-order valence-electron chi connectivity index (χ4n) is 5.52. The van der Waals surface area contributed by atoms with E-state index in [1.165, 1.54) is 22.4 Å². The lowest BCUT2D eigenvalue weighted by Crippen LogP contribution is -2.54. The van der Waals surface area contributed by atoms with Gasteiger partial charge < -0.3 is 20.3 Å². The molecule has 1 atom stereocenters. The highest BCUT2D eigenvalue weighted by Gasteiger charge is 2.39. The average molecular weight is 442 g/mol. The number of piperidine rings is 1. The van der Waals surface area contributed by atoms with E-state index in [9.17, 15) is 0 Å². The van der Waals surface area contributed by atoms with Crippen LogP contribution in [0.15, 0.2) is 78.9 Å². The van der Waals surface area contributed by atoms with Crippen LogP contribution in [0.5, 0.6) is 5.75 Å². The molecule has 0 aliphatic carbocycles. The first-order valence-corrected chi connectivity index (χ1v) is 12.3. The quantitative estimate of drug-likeness (QED) is 0.538. The molecular weight excluding hydrogens is 406 g/mol. The fourth-order valence-corrected chi connectivity index (χ4v) is 5.52. The molecule has 4 nitrogen and oxygen atoms in total. The highest BCUT2D eigenvalue weighted by molar-refractivity contribution is 5.59. The first-order chi connectivity index (χ1) is 16.3. The Balaban J connectivity index is 1.35. The predicted octanol–water partition coefficient (Wildman–Crippen LogP) is 5.06. The number of benzene rings is 3. The standard InChI is InChI=1S/C29H35N3O/c1-30-19-16-27(24-10-3-2-4-11-24)33-28-14-8-7-13-26(28)32-21-17-29(18-22-32)25-12-6-5-9-23(25)15-20-31-29/h2-14,27,30-31H,15-22H2,1H3. The van der Waals surface area contributed by atoms with Crippen molar-refractivity contribution in [3.05, 3.63) is 95.6 Å². The fraction of sp³-hybridized carbons (Fsp3) is 0.379. The van der Waals surface area contributed by atoms with Crippen LogP contribution in [0, 0.1) is 0 Å². The molecule has 33 heavy (non-hydrogen) atoms. The molecule has 3 aromatic carbocycles. The first-order valence-electron chi connectivity index (χ1n) is 12.3. The van der Waals surface area contributed by atoms with E-state index in [2.05, 4.69) is 94.4 Å². The van der Waals surface area contributed by atoms with E-state index in [1.807, 2.05) is 7.05 Å². The van der Waals surface area contributed by atoms with Gasteiger partial charge in [0.25, 0.3) is 0 Å². The van der Waals surface area contributed by atoms with Crippen LogP contribution in [0.2, 0.25) is 0 Å². The summed E-state index contributed by atoms with van der Waals surface area (Å²) in [6.45, 7) is 4.03. The second-order valence-corrected chi connectivity index (χ2v) is 9.28. The van der Waals surface area contributed by atoms with Crippen LogP contribution in [0.25, 0.3) is 0 Å². The Bertz CT molecular complexity index is 1040. The van der Waals surface area contributed by atoms with Crippen LogP contribution in [0.3, 0.4) is 0 Å². The number of anilines is 1. The molecule has 1 spiro atoms. The number of fused-ring (bicyclic) bond motifs is 2. The number of hydrogen-bond donors (Lipinski definition) is 2. The average Bonchev–Trinajstić information content (AvgIpc) is 2.88. The Morgan fingerprint density at radius 3 is 2.48 bits per heavy atom. The minimum atomic E-state index is 0.0304. The van der Waals surface area contributed by atoms with Crippen molar-refractivity contribution in [2.75, 3.05) is 38.1 Å². The molecule has 0 bridgehead atoms. The summed E-state index contributed by atoms with van der Waals surface area (Å²) in [5, 5.41) is 7.16. The Morgan fingerprint density at radius 2 is 1.67 bits per heavy atom. The van der Waals surface area contributed by atoms with E-state index in [4.69, 9.17) is 4.74 Å². The SMILES string of the molecule is CNCCC(Oc1ccccc1N1CCC2(CC1)NCCc1ccccc12)c1ccccc1. The third-order valence-corrected chi connectivity index (χ3v) is 7.31. The topological polar surface area (TPSA) is 36.5 Å². The molecule has 3 aromatic rings. The zero-order valence-corrected chi connectivity index (χ0v) is 19.6. The van der Waals surface area contributed by atoms with Crippen LogP contribution < -0.4 is 20.3 Å². The number of ether oxygens (including phenoxy) is 1. The van der Waals surface area contributed by atoms with Crippen LogP contribution >= 0.6 is 0 Å². The molecule has 0 radical (unpaired) electrons. The Morgan fingerprint density at radius 1 is 0.939 bits per heavy atom. The van der Waals surface area contributed by atoms with Gasteiger partial charge in [0.15, 0.2) is 0 Å². The van der Waals surface area contributed by atoms with Gasteiger partial charge in [0.1, 0.15) is 11.9 Å². The van der Waals surface area contributed by atoms with Crippen molar-refractivity contribution < 1.29 is 4.74 Å². The summed E-state index contributed by atoms with van der Waals surface area (Å²) in [4.78, 5) is 2.51. The largest absolute Gasteiger partial charge is 0.484 e. The molecule has 2 N–H and O–H groups in total. The van der Waals surface area contributed by atoms with Gasteiger partial charge in [0, 0.05) is 31.6 Å². The molecule has 0 aromatic heterocycles. The third kappa shape index (κ3) is 4.64. The molecule has 0 saturated carbocycles. The van der Waals surface area contributed by atoms with Crippen LogP contribution in [0.1, 0.15) is 42.1 Å². The van der Waals surface area contributed by atoms with E-state index in [0.29, 0.717) is 0 Å². The highest BCUT2D eigenvalue weighted by Crippen LogP contribution is 2.41. The summed E-state index contributed by atoms with van der Waals surface area (Å²) in [5.41, 5.74) is 5.57. The van der Waals surface area contributed by atoms with Crippen molar-refractivity contribution >= 4 is 5.69 Å². The molecule has 2 aliphatic heterocycles. The summed E-state index contributed by atoms with van der Waals surface area (Å²) >= 11 is 0. The molecule has 1 saturated heterocycles. The molecule has 0 amide bonds. The number of nitrogens with zero attached hydrogens (tertiary/aromatic N) is 1. The van der Waals surface area contributed by atoms with Crippen LogP contribution in [0.4, 0.5) is 5.69 Å². The zero-order chi connectivity index (χ0) is 22.5. The maximum Gasteiger partial charge on any atom is 0.143 e. The summed E-state index contributed by atoms with van der Waals surface area (Å²) < 4.78 is 6.68. The molecule has 5 rings (SSSR count). The highest BCUT2D eigenvalue weighted by atomic mass is 16.5. The number of rotatable bonds is 7. The second-order valence-electron chi connectivity index (χ2n) is 9.28. The number of hydrogen-bond acceptors (Lipinski definition) is 4. The summed E-state index contributed by atoms with van der Waals surface area (Å²) in [6, 6.07) is 28.2. The molecule has 4 heteroatoms. The molecular formula is C29H35N3O. The molecule has 172 valence electrons. The minimum Gasteiger partial charge on any atom is -0.484 e. The minimum absolute atomic E-state index is 0.0304. The van der Waals surface area contributed by atoms with Crippen LogP contribution in [-0.4, -0.2) is 33.2 Å². The van der Waals surface area contributed by atoms with Gasteiger partial charge in [-0.3, -0.25) is 0 Å². The van der Waals surface area contributed by atoms with Gasteiger partial charge in [-0.15, -0.1) is 0 Å². The monoisotopic (exact) mass is 441 g/mol. The van der Waals surface area contributed by atoms with E-state index in [-0.39, 0.29) is 11.6 Å². The van der Waals surface area contributed by atoms with Gasteiger partial charge in [-0.05, 0) is 61.7 Å². The molecule has 1 unspecified atom stereocenters. The van der Waals surface area contributed by atoms with Crippen molar-refractivity contribution in [1.29, 1.82) is 0 Å². The molecule has 1 fully saturated rings. The predicted molar refractivity (Wildman–Crippen MR) is 136 cm³/mol. The lowest BCUT2D eigenvalue weighted by atomic mass is 9.76. The molecule has 2 heterocycles. The van der Waals surface area contributed by atoms with Crippen molar-refractivity contribution in [1.82, 2.24) is 10.6 Å².